The van der Waals surface area contributed by atoms with Gasteiger partial charge in [-0.05, 0) is 44.2 Å². The molecule has 14 heteroatoms. The summed E-state index contributed by atoms with van der Waals surface area (Å²) in [5, 5.41) is 5.86. The fraction of sp³-hybridized carbons (Fsp3) is 0.478. The molecule has 1 aromatic carbocycles. The number of rotatable bonds is 6. The predicted octanol–water partition coefficient (Wildman–Crippen LogP) is 5.07. The molecule has 9 nitrogen and oxygen atoms in total. The third-order valence-corrected chi connectivity index (χ3v) is 7.32. The first-order valence-corrected chi connectivity index (χ1v) is 12.6. The van der Waals surface area contributed by atoms with Crippen molar-refractivity contribution in [1.29, 1.82) is 0 Å². The Morgan fingerprint density at radius 2 is 1.92 bits per heavy atom. The van der Waals surface area contributed by atoms with Crippen LogP contribution in [0.3, 0.4) is 0 Å². The van der Waals surface area contributed by atoms with Crippen molar-refractivity contribution < 1.29 is 22.7 Å². The first-order valence-electron chi connectivity index (χ1n) is 11.8. The highest BCUT2D eigenvalue weighted by Crippen LogP contribution is 2.39. The van der Waals surface area contributed by atoms with E-state index < -0.39 is 24.4 Å². The number of carbonyl (C=O) groups is 1. The summed E-state index contributed by atoms with van der Waals surface area (Å²) in [5.74, 6) is -4.11. The summed E-state index contributed by atoms with van der Waals surface area (Å²) in [4.78, 5) is 24.9. The molecule has 4 N–H and O–H groups in total. The Balaban J connectivity index is 1.53. The van der Waals surface area contributed by atoms with Gasteiger partial charge < -0.3 is 21.1 Å². The molecule has 3 heterocycles. The largest absolute Gasteiger partial charge is 0.375 e. The van der Waals surface area contributed by atoms with E-state index in [0.717, 1.165) is 6.07 Å². The van der Waals surface area contributed by atoms with Crippen LogP contribution in [0.5, 0.6) is 0 Å². The maximum Gasteiger partial charge on any atom is 0.290 e. The van der Waals surface area contributed by atoms with Gasteiger partial charge in [-0.15, -0.1) is 0 Å². The van der Waals surface area contributed by atoms with Crippen LogP contribution in [0, 0.1) is 11.7 Å². The molecule has 2 aromatic heterocycles. The second-order valence-electron chi connectivity index (χ2n) is 9.28. The molecule has 1 saturated carbocycles. The Morgan fingerprint density at radius 1 is 1.16 bits per heavy atom. The Kier molecular flexibility index (Phi) is 7.08. The summed E-state index contributed by atoms with van der Waals surface area (Å²) in [6.07, 6.45) is 3.77. The van der Waals surface area contributed by atoms with Gasteiger partial charge in [0.2, 0.25) is 17.8 Å². The third-order valence-electron chi connectivity index (χ3n) is 6.80. The van der Waals surface area contributed by atoms with Gasteiger partial charge >= 0.3 is 0 Å². The van der Waals surface area contributed by atoms with E-state index in [1.54, 1.807) is 4.57 Å². The highest BCUT2D eigenvalue weighted by atomic mass is 35.5. The minimum atomic E-state index is -3.08. The molecule has 0 unspecified atom stereocenters. The van der Waals surface area contributed by atoms with Crippen molar-refractivity contribution in [2.75, 3.05) is 23.8 Å². The number of benzene rings is 1. The van der Waals surface area contributed by atoms with Gasteiger partial charge in [0.1, 0.15) is 17.9 Å². The number of amides is 1. The lowest BCUT2D eigenvalue weighted by molar-refractivity contribution is -0.123. The monoisotopic (exact) mass is 557 g/mol. The van der Waals surface area contributed by atoms with Crippen LogP contribution in [0.15, 0.2) is 18.3 Å². The molecule has 0 spiro atoms. The van der Waals surface area contributed by atoms with Crippen LogP contribution < -0.4 is 16.4 Å². The van der Waals surface area contributed by atoms with E-state index in [2.05, 4.69) is 25.6 Å². The fourth-order valence-corrected chi connectivity index (χ4v) is 5.36. The lowest BCUT2D eigenvalue weighted by atomic mass is 9.85. The number of anilines is 3. The number of imidazole rings is 1. The SMILES string of the molecule is NC(=O)[C@H]1CC[C@@H](n2c(Nc3c(F)cc(Cl)cc3Cl)nc3cnc(N[C@@H]4CCOCC4(F)F)nc32)CC1. The number of alkyl halides is 2. The second kappa shape index (κ2) is 10.1. The Labute approximate surface area is 219 Å². The van der Waals surface area contributed by atoms with E-state index in [9.17, 15) is 18.0 Å². The third kappa shape index (κ3) is 5.27. The fourth-order valence-electron chi connectivity index (χ4n) is 4.84. The topological polar surface area (TPSA) is 120 Å². The molecular formula is C23H24Cl2F3N7O2. The number of fused-ring (bicyclic) bond motifs is 1. The number of nitrogens with zero attached hydrogens (tertiary/aromatic N) is 4. The van der Waals surface area contributed by atoms with Crippen LogP contribution in [0.4, 0.5) is 30.8 Å². The van der Waals surface area contributed by atoms with Gasteiger partial charge in [-0.3, -0.25) is 9.36 Å². The Hall–Kier alpha value is -2.83. The van der Waals surface area contributed by atoms with E-state index >= 15 is 0 Å². The molecule has 0 radical (unpaired) electrons. The summed E-state index contributed by atoms with van der Waals surface area (Å²) < 4.78 is 50.0. The zero-order chi connectivity index (χ0) is 26.3. The lowest BCUT2D eigenvalue weighted by Gasteiger charge is -2.31. The summed E-state index contributed by atoms with van der Waals surface area (Å²) >= 11 is 12.1. The minimum Gasteiger partial charge on any atom is -0.375 e. The number of nitrogens with one attached hydrogen (secondary N) is 2. The van der Waals surface area contributed by atoms with Crippen LogP contribution in [0.25, 0.3) is 11.2 Å². The molecule has 1 atom stereocenters. The highest BCUT2D eigenvalue weighted by molar-refractivity contribution is 6.36. The van der Waals surface area contributed by atoms with Gasteiger partial charge in [0, 0.05) is 23.6 Å². The summed E-state index contributed by atoms with van der Waals surface area (Å²) in [6.45, 7) is -0.493. The summed E-state index contributed by atoms with van der Waals surface area (Å²) in [7, 11) is 0. The molecule has 1 aliphatic heterocycles. The first kappa shape index (κ1) is 25.8. The molecule has 198 valence electrons. The molecule has 1 aliphatic carbocycles. The number of halogens is 5. The molecule has 37 heavy (non-hydrogen) atoms. The lowest BCUT2D eigenvalue weighted by Crippen LogP contribution is -2.48. The van der Waals surface area contributed by atoms with E-state index in [1.807, 2.05) is 0 Å². The standard InChI is InChI=1S/C23H24Cl2F3N7O2/c24-12-7-14(25)18(15(26)8-12)33-22-31-16-9-30-21(32-17-5-6-37-10-23(17,27)28)34-20(16)35(22)13-3-1-11(2-4-13)19(29)36/h7-9,11,13,17H,1-6,10H2,(H2,29,36)(H,31,33)(H,30,32,34)/t11-,13+,17-/m1/s1. The first-order chi connectivity index (χ1) is 17.6. The number of hydrogen-bond acceptors (Lipinski definition) is 7. The molecule has 3 aromatic rings. The van der Waals surface area contributed by atoms with Gasteiger partial charge in [0.25, 0.3) is 5.92 Å². The number of ether oxygens (including phenoxy) is 1. The molecule has 2 aliphatic rings. The highest BCUT2D eigenvalue weighted by Gasteiger charge is 2.43. The number of nitrogens with two attached hydrogens (primary N) is 1. The molecule has 2 fully saturated rings. The molecule has 1 amide bonds. The predicted molar refractivity (Wildman–Crippen MR) is 133 cm³/mol. The van der Waals surface area contributed by atoms with Gasteiger partial charge in [-0.25, -0.2) is 23.1 Å². The zero-order valence-electron chi connectivity index (χ0n) is 19.5. The van der Waals surface area contributed by atoms with Crippen molar-refractivity contribution in [2.24, 2.45) is 11.7 Å². The van der Waals surface area contributed by atoms with Gasteiger partial charge in [0.05, 0.1) is 22.9 Å². The van der Waals surface area contributed by atoms with Gasteiger partial charge in [-0.2, -0.15) is 4.98 Å². The molecule has 0 bridgehead atoms. The van der Waals surface area contributed by atoms with Crippen LogP contribution >= 0.6 is 23.2 Å². The summed E-state index contributed by atoms with van der Waals surface area (Å²) in [6, 6.07) is 1.15. The van der Waals surface area contributed by atoms with Crippen molar-refractivity contribution in [3.8, 4) is 0 Å². The molecule has 1 saturated heterocycles. The zero-order valence-corrected chi connectivity index (χ0v) is 21.0. The van der Waals surface area contributed by atoms with Gasteiger partial charge in [-0.1, -0.05) is 23.2 Å². The van der Waals surface area contributed by atoms with Crippen molar-refractivity contribution in [2.45, 2.75) is 50.1 Å². The summed E-state index contributed by atoms with van der Waals surface area (Å²) in [5.41, 5.74) is 6.20. The van der Waals surface area contributed by atoms with E-state index in [4.69, 9.17) is 33.7 Å². The van der Waals surface area contributed by atoms with E-state index in [1.165, 1.54) is 12.3 Å². The van der Waals surface area contributed by atoms with E-state index in [-0.39, 0.29) is 58.5 Å². The van der Waals surface area contributed by atoms with Crippen LogP contribution in [0.2, 0.25) is 10.0 Å². The Morgan fingerprint density at radius 3 is 2.59 bits per heavy atom. The Bertz CT molecular complexity index is 1310. The van der Waals surface area contributed by atoms with Crippen LogP contribution in [-0.4, -0.2) is 50.6 Å². The maximum atomic E-state index is 14.7. The number of hydrogen-bond donors (Lipinski definition) is 3. The average Bonchev–Trinajstić information content (AvgIpc) is 3.20. The average molecular weight is 558 g/mol. The normalized spacial score (nSPS) is 23.6. The van der Waals surface area contributed by atoms with Crippen molar-refractivity contribution >= 4 is 57.9 Å². The van der Waals surface area contributed by atoms with Crippen molar-refractivity contribution in [1.82, 2.24) is 19.5 Å². The van der Waals surface area contributed by atoms with Crippen LogP contribution in [-0.2, 0) is 9.53 Å². The van der Waals surface area contributed by atoms with Crippen LogP contribution in [0.1, 0.15) is 38.1 Å². The van der Waals surface area contributed by atoms with E-state index in [0.29, 0.717) is 36.8 Å². The number of primary amides is 1. The van der Waals surface area contributed by atoms with Crippen molar-refractivity contribution in [3.05, 3.63) is 34.2 Å². The number of aromatic nitrogens is 4. The minimum absolute atomic E-state index is 0.00769. The van der Waals surface area contributed by atoms with Gasteiger partial charge in [0.15, 0.2) is 5.65 Å². The number of carbonyl (C=O) groups excluding carboxylic acids is 1. The molecular weight excluding hydrogens is 534 g/mol. The quantitative estimate of drug-likeness (QED) is 0.387. The van der Waals surface area contributed by atoms with Crippen molar-refractivity contribution in [3.63, 3.8) is 0 Å². The second-order valence-corrected chi connectivity index (χ2v) is 10.1. The molecule has 5 rings (SSSR count). The maximum absolute atomic E-state index is 14.7. The smallest absolute Gasteiger partial charge is 0.290 e.